The number of carbonyl (C=O) groups is 3. The molecule has 1 aromatic heterocycles. The summed E-state index contributed by atoms with van der Waals surface area (Å²) in [5.41, 5.74) is 4.16. The predicted octanol–water partition coefficient (Wildman–Crippen LogP) is 1.00. The summed E-state index contributed by atoms with van der Waals surface area (Å²) in [6, 6.07) is 4.30. The monoisotopic (exact) mass is 406 g/mol. The maximum absolute atomic E-state index is 12.2. The molecule has 0 bridgehead atoms. The third-order valence-electron chi connectivity index (χ3n) is 3.73. The van der Waals surface area contributed by atoms with E-state index >= 15 is 0 Å². The van der Waals surface area contributed by atoms with E-state index in [1.54, 1.807) is 12.1 Å². The number of para-hydroxylation sites is 1. The van der Waals surface area contributed by atoms with Crippen molar-refractivity contribution in [3.05, 3.63) is 46.1 Å². The molecular formula is C16H18N6O7. The van der Waals surface area contributed by atoms with E-state index in [-0.39, 0.29) is 17.1 Å². The molecule has 0 spiro atoms. The first kappa shape index (κ1) is 21.1. The molecule has 3 N–H and O–H groups in total. The van der Waals surface area contributed by atoms with Crippen molar-refractivity contribution in [2.24, 2.45) is 0 Å². The SMILES string of the molecule is COC(=O)c1ccccc1NC(=O)NNC(=O)[C@H](C)n1cc([N+](=O)[O-])c(OC)n1. The first-order valence-corrected chi connectivity index (χ1v) is 8.10. The van der Waals surface area contributed by atoms with Gasteiger partial charge in [-0.25, -0.2) is 19.7 Å². The Morgan fingerprint density at radius 1 is 1.21 bits per heavy atom. The van der Waals surface area contributed by atoms with Crippen LogP contribution in [0.25, 0.3) is 0 Å². The third kappa shape index (κ3) is 4.97. The average molecular weight is 406 g/mol. The molecule has 0 saturated carbocycles. The number of carbonyl (C=O) groups excluding carboxylic acids is 3. The van der Waals surface area contributed by atoms with Gasteiger partial charge in [0.05, 0.1) is 30.4 Å². The van der Waals surface area contributed by atoms with E-state index in [1.165, 1.54) is 33.3 Å². The number of urea groups is 1. The van der Waals surface area contributed by atoms with E-state index in [9.17, 15) is 24.5 Å². The fourth-order valence-corrected chi connectivity index (χ4v) is 2.21. The molecular weight excluding hydrogens is 388 g/mol. The van der Waals surface area contributed by atoms with Gasteiger partial charge in [-0.3, -0.25) is 20.3 Å². The highest BCUT2D eigenvalue weighted by Gasteiger charge is 2.25. The second kappa shape index (κ2) is 9.16. The molecule has 2 aromatic rings. The van der Waals surface area contributed by atoms with Gasteiger partial charge in [0.2, 0.25) is 0 Å². The number of hydrazine groups is 1. The Kier molecular flexibility index (Phi) is 6.68. The quantitative estimate of drug-likeness (QED) is 0.363. The number of nitrogens with one attached hydrogen (secondary N) is 3. The van der Waals surface area contributed by atoms with Crippen LogP contribution in [-0.2, 0) is 9.53 Å². The van der Waals surface area contributed by atoms with Gasteiger partial charge in [0.25, 0.3) is 5.91 Å². The molecule has 0 aliphatic heterocycles. The van der Waals surface area contributed by atoms with Gasteiger partial charge in [0.1, 0.15) is 12.2 Å². The largest absolute Gasteiger partial charge is 0.475 e. The number of methoxy groups -OCH3 is 2. The fourth-order valence-electron chi connectivity index (χ4n) is 2.21. The Morgan fingerprint density at radius 3 is 2.48 bits per heavy atom. The van der Waals surface area contributed by atoms with Gasteiger partial charge >= 0.3 is 23.6 Å². The van der Waals surface area contributed by atoms with E-state index in [1.807, 2.05) is 0 Å². The van der Waals surface area contributed by atoms with Gasteiger partial charge in [-0.1, -0.05) is 12.1 Å². The molecule has 1 atom stereocenters. The summed E-state index contributed by atoms with van der Waals surface area (Å²) in [5, 5.41) is 17.2. The van der Waals surface area contributed by atoms with E-state index in [0.717, 1.165) is 10.9 Å². The molecule has 0 fully saturated rings. The molecule has 29 heavy (non-hydrogen) atoms. The number of rotatable bonds is 6. The first-order valence-electron chi connectivity index (χ1n) is 8.10. The number of amides is 3. The standard InChI is InChI=1S/C16H18N6O7/c1-9(21-8-12(22(26)27)14(20-21)28-2)13(23)18-19-16(25)17-11-7-5-4-6-10(11)15(24)29-3/h4-9H,1-3H3,(H,18,23)(H2,17,19,25)/t9-/m0/s1. The molecule has 0 aliphatic rings. The minimum absolute atomic E-state index is 0.126. The maximum atomic E-state index is 12.2. The zero-order chi connectivity index (χ0) is 21.6. The van der Waals surface area contributed by atoms with Crippen molar-refractivity contribution in [3.8, 4) is 5.88 Å². The second-order valence-electron chi connectivity index (χ2n) is 5.54. The Bertz CT molecular complexity index is 942. The molecule has 0 radical (unpaired) electrons. The summed E-state index contributed by atoms with van der Waals surface area (Å²) >= 11 is 0. The van der Waals surface area contributed by atoms with Gasteiger partial charge < -0.3 is 14.8 Å². The van der Waals surface area contributed by atoms with Crippen LogP contribution in [-0.4, -0.2) is 46.8 Å². The first-order chi connectivity index (χ1) is 13.8. The van der Waals surface area contributed by atoms with E-state index in [0.29, 0.717) is 0 Å². The number of esters is 1. The number of benzene rings is 1. The van der Waals surface area contributed by atoms with E-state index in [4.69, 9.17) is 4.74 Å². The normalized spacial score (nSPS) is 11.1. The molecule has 0 unspecified atom stereocenters. The Labute approximate surface area is 164 Å². The van der Waals surface area contributed by atoms with Gasteiger partial charge in [0, 0.05) is 0 Å². The fraction of sp³-hybridized carbons (Fsp3) is 0.250. The van der Waals surface area contributed by atoms with Crippen LogP contribution in [0, 0.1) is 10.1 Å². The highest BCUT2D eigenvalue weighted by molar-refractivity contribution is 6.01. The zero-order valence-corrected chi connectivity index (χ0v) is 15.7. The Morgan fingerprint density at radius 2 is 1.90 bits per heavy atom. The van der Waals surface area contributed by atoms with Crippen LogP contribution in [0.1, 0.15) is 23.3 Å². The Balaban J connectivity index is 2.00. The summed E-state index contributed by atoms with van der Waals surface area (Å²) < 4.78 is 10.5. The summed E-state index contributed by atoms with van der Waals surface area (Å²) in [5.74, 6) is -1.60. The van der Waals surface area contributed by atoms with E-state index in [2.05, 4.69) is 26.0 Å². The number of anilines is 1. The summed E-state index contributed by atoms with van der Waals surface area (Å²) in [4.78, 5) is 46.2. The van der Waals surface area contributed by atoms with Gasteiger partial charge in [-0.2, -0.15) is 0 Å². The van der Waals surface area contributed by atoms with Gasteiger partial charge in [0.15, 0.2) is 0 Å². The van der Waals surface area contributed by atoms with Crippen molar-refractivity contribution in [2.45, 2.75) is 13.0 Å². The van der Waals surface area contributed by atoms with Crippen LogP contribution in [0.4, 0.5) is 16.2 Å². The molecule has 1 aromatic carbocycles. The van der Waals surface area contributed by atoms with Crippen LogP contribution < -0.4 is 20.9 Å². The molecule has 13 heteroatoms. The third-order valence-corrected chi connectivity index (χ3v) is 3.73. The van der Waals surface area contributed by atoms with Crippen molar-refractivity contribution in [1.29, 1.82) is 0 Å². The molecule has 154 valence electrons. The van der Waals surface area contributed by atoms with Crippen molar-refractivity contribution in [1.82, 2.24) is 20.6 Å². The van der Waals surface area contributed by atoms with Gasteiger partial charge in [-0.15, -0.1) is 5.10 Å². The topological polar surface area (TPSA) is 167 Å². The number of nitro groups is 1. The minimum Gasteiger partial charge on any atom is -0.475 e. The predicted molar refractivity (Wildman–Crippen MR) is 98.2 cm³/mol. The van der Waals surface area contributed by atoms with Crippen molar-refractivity contribution in [2.75, 3.05) is 19.5 Å². The zero-order valence-electron chi connectivity index (χ0n) is 15.7. The summed E-state index contributed by atoms with van der Waals surface area (Å²) in [6.07, 6.45) is 1.04. The molecule has 1 heterocycles. The highest BCUT2D eigenvalue weighted by atomic mass is 16.6. The van der Waals surface area contributed by atoms with Crippen molar-refractivity contribution < 1.29 is 28.8 Å². The lowest BCUT2D eigenvalue weighted by Crippen LogP contribution is -2.46. The second-order valence-corrected chi connectivity index (χ2v) is 5.54. The summed E-state index contributed by atoms with van der Waals surface area (Å²) in [6.45, 7) is 1.41. The smallest absolute Gasteiger partial charge is 0.350 e. The molecule has 0 aliphatic carbocycles. The lowest BCUT2D eigenvalue weighted by Gasteiger charge is -2.14. The highest BCUT2D eigenvalue weighted by Crippen LogP contribution is 2.25. The lowest BCUT2D eigenvalue weighted by molar-refractivity contribution is -0.385. The Hall–Kier alpha value is -4.16. The number of hydrogen-bond acceptors (Lipinski definition) is 8. The number of aromatic nitrogens is 2. The molecule has 13 nitrogen and oxygen atoms in total. The number of ether oxygens (including phenoxy) is 2. The van der Waals surface area contributed by atoms with Crippen LogP contribution in [0.15, 0.2) is 30.5 Å². The molecule has 2 rings (SSSR count). The van der Waals surface area contributed by atoms with Crippen molar-refractivity contribution in [3.63, 3.8) is 0 Å². The minimum atomic E-state index is -1.000. The van der Waals surface area contributed by atoms with Gasteiger partial charge in [-0.05, 0) is 19.1 Å². The van der Waals surface area contributed by atoms with Crippen molar-refractivity contribution >= 4 is 29.3 Å². The maximum Gasteiger partial charge on any atom is 0.350 e. The van der Waals surface area contributed by atoms with Crippen LogP contribution in [0.2, 0.25) is 0 Å². The van der Waals surface area contributed by atoms with Crippen LogP contribution in [0.5, 0.6) is 5.88 Å². The van der Waals surface area contributed by atoms with E-state index < -0.39 is 34.6 Å². The summed E-state index contributed by atoms with van der Waals surface area (Å²) in [7, 11) is 2.41. The lowest BCUT2D eigenvalue weighted by atomic mass is 10.2. The number of nitrogens with zero attached hydrogens (tertiary/aromatic N) is 3. The average Bonchev–Trinajstić information content (AvgIpc) is 3.16. The molecule has 0 saturated heterocycles. The molecule has 3 amide bonds. The number of hydrogen-bond donors (Lipinski definition) is 3. The van der Waals surface area contributed by atoms with Crippen LogP contribution in [0.3, 0.4) is 0 Å². The van der Waals surface area contributed by atoms with Crippen LogP contribution >= 0.6 is 0 Å².